The minimum atomic E-state index is -0.853. The first kappa shape index (κ1) is 17.3. The number of aryl methyl sites for hydroxylation is 2. The maximum atomic E-state index is 11.5. The lowest BCUT2D eigenvalue weighted by atomic mass is 10.1. The number of hydroxylamine groups is 1. The predicted molar refractivity (Wildman–Crippen MR) is 91.1 cm³/mol. The second kappa shape index (κ2) is 7.48. The summed E-state index contributed by atoms with van der Waals surface area (Å²) in [5.41, 5.74) is 3.05. The summed E-state index contributed by atoms with van der Waals surface area (Å²) in [6, 6.07) is 11.0. The molecule has 0 spiro atoms. The third kappa shape index (κ3) is 4.03. The first-order valence-electron chi connectivity index (χ1n) is 6.98. The fraction of sp³-hybridized carbons (Fsp3) is 0.235. The maximum absolute atomic E-state index is 11.5. The fourth-order valence-electron chi connectivity index (χ4n) is 2.13. The summed E-state index contributed by atoms with van der Waals surface area (Å²) < 4.78 is 11.2. The molecular formula is C17H18BrNO4. The Kier molecular flexibility index (Phi) is 5.63. The molecule has 0 aliphatic carbocycles. The van der Waals surface area contributed by atoms with Crippen molar-refractivity contribution >= 4 is 27.7 Å². The quantitative estimate of drug-likeness (QED) is 0.622. The number of amides is 1. The molecule has 0 aromatic heterocycles. The zero-order chi connectivity index (χ0) is 17.0. The fourth-order valence-corrected chi connectivity index (χ4v) is 2.74. The molecule has 0 saturated carbocycles. The van der Waals surface area contributed by atoms with Gasteiger partial charge in [0.25, 0.3) is 0 Å². The average molecular weight is 380 g/mol. The van der Waals surface area contributed by atoms with Gasteiger partial charge in [0.15, 0.2) is 0 Å². The van der Waals surface area contributed by atoms with Crippen LogP contribution < -0.4 is 9.80 Å². The van der Waals surface area contributed by atoms with E-state index in [0.717, 1.165) is 15.6 Å². The van der Waals surface area contributed by atoms with E-state index in [1.807, 2.05) is 38.1 Å². The highest BCUT2D eigenvalue weighted by atomic mass is 79.9. The number of hydrogen-bond acceptors (Lipinski definition) is 4. The van der Waals surface area contributed by atoms with Crippen molar-refractivity contribution in [1.29, 1.82) is 0 Å². The molecular weight excluding hydrogens is 362 g/mol. The highest BCUT2D eigenvalue weighted by Crippen LogP contribution is 2.29. The van der Waals surface area contributed by atoms with Gasteiger partial charge in [-0.1, -0.05) is 18.2 Å². The normalized spacial score (nSPS) is 10.3. The van der Waals surface area contributed by atoms with E-state index >= 15 is 0 Å². The Morgan fingerprint density at radius 2 is 2.00 bits per heavy atom. The Morgan fingerprint density at radius 1 is 1.26 bits per heavy atom. The van der Waals surface area contributed by atoms with Crippen LogP contribution in [0.4, 0.5) is 10.5 Å². The Hall–Kier alpha value is -2.05. The molecule has 2 rings (SSSR count). The van der Waals surface area contributed by atoms with Gasteiger partial charge in [0.05, 0.1) is 17.3 Å². The van der Waals surface area contributed by atoms with Crippen LogP contribution in [-0.4, -0.2) is 18.4 Å². The molecule has 5 nitrogen and oxygen atoms in total. The van der Waals surface area contributed by atoms with Gasteiger partial charge in [0.2, 0.25) is 0 Å². The van der Waals surface area contributed by atoms with Crippen molar-refractivity contribution in [3.05, 3.63) is 57.6 Å². The van der Waals surface area contributed by atoms with Crippen molar-refractivity contribution in [3.63, 3.8) is 0 Å². The minimum Gasteiger partial charge on any atom is -0.488 e. The Morgan fingerprint density at radius 3 is 2.65 bits per heavy atom. The van der Waals surface area contributed by atoms with Gasteiger partial charge >= 0.3 is 6.09 Å². The van der Waals surface area contributed by atoms with E-state index in [2.05, 4.69) is 20.7 Å². The number of ether oxygens (including phenoxy) is 2. The van der Waals surface area contributed by atoms with Crippen molar-refractivity contribution in [3.8, 4) is 5.75 Å². The summed E-state index contributed by atoms with van der Waals surface area (Å²) in [5.74, 6) is 0.687. The Balaban J connectivity index is 2.27. The van der Waals surface area contributed by atoms with Gasteiger partial charge in [-0.3, -0.25) is 5.21 Å². The van der Waals surface area contributed by atoms with Gasteiger partial charge in [-0.25, -0.2) is 4.79 Å². The first-order chi connectivity index (χ1) is 10.9. The van der Waals surface area contributed by atoms with E-state index < -0.39 is 6.09 Å². The van der Waals surface area contributed by atoms with Crippen LogP contribution in [0.25, 0.3) is 0 Å². The second-order valence-corrected chi connectivity index (χ2v) is 5.93. The molecule has 0 atom stereocenters. The predicted octanol–water partition coefficient (Wildman–Crippen LogP) is 4.61. The molecule has 0 radical (unpaired) electrons. The molecule has 0 unspecified atom stereocenters. The van der Waals surface area contributed by atoms with Crippen LogP contribution in [0.3, 0.4) is 0 Å². The van der Waals surface area contributed by atoms with Gasteiger partial charge in [0.1, 0.15) is 12.4 Å². The molecule has 1 amide bonds. The van der Waals surface area contributed by atoms with Gasteiger partial charge in [0, 0.05) is 5.56 Å². The van der Waals surface area contributed by atoms with Crippen LogP contribution in [-0.2, 0) is 11.3 Å². The topological polar surface area (TPSA) is 59.0 Å². The molecule has 0 bridgehead atoms. The number of methoxy groups -OCH3 is 1. The van der Waals surface area contributed by atoms with Gasteiger partial charge < -0.3 is 9.47 Å². The largest absolute Gasteiger partial charge is 0.488 e. The molecule has 0 aliphatic heterocycles. The van der Waals surface area contributed by atoms with Crippen LogP contribution in [0.5, 0.6) is 5.75 Å². The summed E-state index contributed by atoms with van der Waals surface area (Å²) in [6.45, 7) is 4.09. The lowest BCUT2D eigenvalue weighted by Crippen LogP contribution is -2.28. The molecule has 2 aromatic rings. The number of rotatable bonds is 4. The van der Waals surface area contributed by atoms with Crippen LogP contribution in [0.15, 0.2) is 40.9 Å². The van der Waals surface area contributed by atoms with Crippen molar-refractivity contribution in [2.75, 3.05) is 12.2 Å². The lowest BCUT2D eigenvalue weighted by Gasteiger charge is -2.19. The summed E-state index contributed by atoms with van der Waals surface area (Å²) in [5, 5.41) is 10.5. The number of nitrogens with zero attached hydrogens (tertiary/aromatic N) is 1. The number of carbonyl (C=O) groups excluding carboxylic acids is 1. The standard InChI is InChI=1S/C17H18BrNO4/c1-11-7-8-16(14(18)9-11)23-10-13-12(2)5-4-6-15(13)19(21)17(20)22-3/h4-9,21H,10H2,1-3H3. The number of halogens is 1. The molecule has 0 aliphatic rings. The SMILES string of the molecule is COC(=O)N(O)c1cccc(C)c1COc1ccc(C)cc1Br. The van der Waals surface area contributed by atoms with Crippen LogP contribution >= 0.6 is 15.9 Å². The minimum absolute atomic E-state index is 0.206. The molecule has 0 fully saturated rings. The van der Waals surface area contributed by atoms with Gasteiger partial charge in [-0.05, 0) is 59.1 Å². The van der Waals surface area contributed by atoms with Gasteiger partial charge in [-0.15, -0.1) is 0 Å². The Labute approximate surface area is 143 Å². The molecule has 0 heterocycles. The maximum Gasteiger partial charge on any atom is 0.438 e. The molecule has 122 valence electrons. The third-order valence-corrected chi connectivity index (χ3v) is 4.04. The van der Waals surface area contributed by atoms with Crippen LogP contribution in [0.1, 0.15) is 16.7 Å². The number of carbonyl (C=O) groups is 1. The molecule has 0 saturated heterocycles. The lowest BCUT2D eigenvalue weighted by molar-refractivity contribution is 0.140. The molecule has 1 N–H and O–H groups in total. The van der Waals surface area contributed by atoms with Crippen LogP contribution in [0.2, 0.25) is 0 Å². The highest BCUT2D eigenvalue weighted by Gasteiger charge is 2.19. The number of anilines is 1. The summed E-state index contributed by atoms with van der Waals surface area (Å²) in [6.07, 6.45) is -0.853. The molecule has 2 aromatic carbocycles. The van der Waals surface area contributed by atoms with E-state index in [0.29, 0.717) is 22.1 Å². The average Bonchev–Trinajstić information content (AvgIpc) is 2.53. The van der Waals surface area contributed by atoms with E-state index in [9.17, 15) is 10.0 Å². The van der Waals surface area contributed by atoms with Crippen molar-refractivity contribution in [2.24, 2.45) is 0 Å². The first-order valence-corrected chi connectivity index (χ1v) is 7.77. The highest BCUT2D eigenvalue weighted by molar-refractivity contribution is 9.10. The smallest absolute Gasteiger partial charge is 0.438 e. The monoisotopic (exact) mass is 379 g/mol. The van der Waals surface area contributed by atoms with E-state index in [1.54, 1.807) is 12.1 Å². The van der Waals surface area contributed by atoms with Crippen molar-refractivity contribution < 1.29 is 19.5 Å². The number of benzene rings is 2. The zero-order valence-electron chi connectivity index (χ0n) is 13.2. The van der Waals surface area contributed by atoms with E-state index in [-0.39, 0.29) is 6.61 Å². The Bertz CT molecular complexity index is 718. The second-order valence-electron chi connectivity index (χ2n) is 5.08. The van der Waals surface area contributed by atoms with Crippen molar-refractivity contribution in [1.82, 2.24) is 0 Å². The van der Waals surface area contributed by atoms with E-state index in [1.165, 1.54) is 7.11 Å². The summed E-state index contributed by atoms with van der Waals surface area (Å²) >= 11 is 3.46. The zero-order valence-corrected chi connectivity index (χ0v) is 14.8. The number of hydrogen-bond donors (Lipinski definition) is 1. The van der Waals surface area contributed by atoms with Crippen molar-refractivity contribution in [2.45, 2.75) is 20.5 Å². The summed E-state index contributed by atoms with van der Waals surface area (Å²) in [4.78, 5) is 11.5. The van der Waals surface area contributed by atoms with E-state index in [4.69, 9.17) is 4.74 Å². The third-order valence-electron chi connectivity index (χ3n) is 3.42. The van der Waals surface area contributed by atoms with Gasteiger partial charge in [-0.2, -0.15) is 5.06 Å². The summed E-state index contributed by atoms with van der Waals surface area (Å²) in [7, 11) is 1.21. The molecule has 23 heavy (non-hydrogen) atoms. The van der Waals surface area contributed by atoms with Crippen LogP contribution in [0, 0.1) is 13.8 Å². The molecule has 6 heteroatoms.